The van der Waals surface area contributed by atoms with Crippen LogP contribution in [-0.2, 0) is 0 Å². The zero-order chi connectivity index (χ0) is 11.4. The Labute approximate surface area is 96.7 Å². The van der Waals surface area contributed by atoms with Crippen molar-refractivity contribution in [2.75, 3.05) is 11.4 Å². The maximum Gasteiger partial charge on any atom is 0.142 e. The molecule has 1 aromatic rings. The molecule has 1 aliphatic heterocycles. The van der Waals surface area contributed by atoms with Gasteiger partial charge in [0.15, 0.2) is 0 Å². The Morgan fingerprint density at radius 2 is 2.31 bits per heavy atom. The summed E-state index contributed by atoms with van der Waals surface area (Å²) in [5, 5.41) is 8.85. The predicted molar refractivity (Wildman–Crippen MR) is 64.2 cm³/mol. The van der Waals surface area contributed by atoms with E-state index >= 15 is 0 Å². The first-order chi connectivity index (χ1) is 7.81. The van der Waals surface area contributed by atoms with Crippen LogP contribution in [0.5, 0.6) is 0 Å². The van der Waals surface area contributed by atoms with E-state index in [0.717, 1.165) is 12.2 Å². The normalized spacial score (nSPS) is 21.2. The predicted octanol–water partition coefficient (Wildman–Crippen LogP) is 2.72. The quantitative estimate of drug-likeness (QED) is 0.723. The highest BCUT2D eigenvalue weighted by Gasteiger charge is 2.17. The second-order valence-electron chi connectivity index (χ2n) is 4.40. The Bertz CT molecular complexity index is 394. The topological polar surface area (TPSA) is 39.9 Å². The molecule has 0 bridgehead atoms. The fraction of sp³-hybridized carbons (Fsp3) is 0.538. The van der Waals surface area contributed by atoms with Crippen LogP contribution in [0.25, 0.3) is 0 Å². The van der Waals surface area contributed by atoms with Gasteiger partial charge >= 0.3 is 0 Å². The highest BCUT2D eigenvalue weighted by Crippen LogP contribution is 2.23. The lowest BCUT2D eigenvalue weighted by molar-refractivity contribution is 0.616. The smallest absolute Gasteiger partial charge is 0.142 e. The van der Waals surface area contributed by atoms with E-state index in [0.29, 0.717) is 11.7 Å². The summed E-state index contributed by atoms with van der Waals surface area (Å²) in [4.78, 5) is 6.41. The van der Waals surface area contributed by atoms with E-state index in [2.05, 4.69) is 22.9 Å². The average Bonchev–Trinajstić information content (AvgIpc) is 2.54. The Balaban J connectivity index is 2.24. The fourth-order valence-electron chi connectivity index (χ4n) is 2.32. The minimum absolute atomic E-state index is 0.508. The molecule has 3 heteroatoms. The van der Waals surface area contributed by atoms with Crippen LogP contribution >= 0.6 is 0 Å². The maximum atomic E-state index is 8.85. The van der Waals surface area contributed by atoms with Gasteiger partial charge in [-0.05, 0) is 31.9 Å². The van der Waals surface area contributed by atoms with Crippen molar-refractivity contribution in [2.24, 2.45) is 0 Å². The Hall–Kier alpha value is -1.56. The second kappa shape index (κ2) is 4.98. The molecule has 84 valence electrons. The van der Waals surface area contributed by atoms with Gasteiger partial charge in [-0.2, -0.15) is 5.26 Å². The number of pyridine rings is 1. The molecule has 0 aromatic carbocycles. The van der Waals surface area contributed by atoms with E-state index in [1.165, 1.54) is 25.7 Å². The highest BCUT2D eigenvalue weighted by atomic mass is 15.2. The molecule has 0 radical (unpaired) electrons. The summed E-state index contributed by atoms with van der Waals surface area (Å²) in [6, 6.07) is 6.56. The molecule has 0 saturated carbocycles. The van der Waals surface area contributed by atoms with Gasteiger partial charge in [0, 0.05) is 24.5 Å². The van der Waals surface area contributed by atoms with E-state index in [4.69, 9.17) is 5.26 Å². The van der Waals surface area contributed by atoms with Crippen LogP contribution in [0.15, 0.2) is 18.3 Å². The van der Waals surface area contributed by atoms with Crippen LogP contribution in [0.2, 0.25) is 0 Å². The van der Waals surface area contributed by atoms with Crippen LogP contribution in [0.3, 0.4) is 0 Å². The molecule has 2 rings (SSSR count). The molecular formula is C13H17N3. The molecule has 1 fully saturated rings. The van der Waals surface area contributed by atoms with Gasteiger partial charge < -0.3 is 4.90 Å². The largest absolute Gasteiger partial charge is 0.369 e. The van der Waals surface area contributed by atoms with Crippen molar-refractivity contribution in [3.63, 3.8) is 0 Å². The van der Waals surface area contributed by atoms with Gasteiger partial charge in [0.25, 0.3) is 0 Å². The van der Waals surface area contributed by atoms with Crippen LogP contribution < -0.4 is 4.90 Å². The van der Waals surface area contributed by atoms with Crippen molar-refractivity contribution in [3.8, 4) is 6.07 Å². The number of aromatic nitrogens is 1. The van der Waals surface area contributed by atoms with Gasteiger partial charge in [-0.1, -0.05) is 12.8 Å². The van der Waals surface area contributed by atoms with Gasteiger partial charge in [-0.3, -0.25) is 0 Å². The van der Waals surface area contributed by atoms with Gasteiger partial charge in [0.05, 0.1) is 0 Å². The average molecular weight is 215 g/mol. The van der Waals surface area contributed by atoms with Crippen LogP contribution in [0.4, 0.5) is 5.69 Å². The molecule has 0 amide bonds. The number of nitriles is 1. The molecule has 1 aromatic heterocycles. The van der Waals surface area contributed by atoms with Crippen molar-refractivity contribution < 1.29 is 0 Å². The molecule has 3 nitrogen and oxygen atoms in total. The summed E-state index contributed by atoms with van der Waals surface area (Å²) >= 11 is 0. The minimum atomic E-state index is 0.508. The number of hydrogen-bond donors (Lipinski definition) is 0. The Morgan fingerprint density at radius 1 is 1.44 bits per heavy atom. The van der Waals surface area contributed by atoms with E-state index in [1.54, 1.807) is 6.20 Å². The van der Waals surface area contributed by atoms with Crippen LogP contribution in [0, 0.1) is 11.3 Å². The molecule has 0 N–H and O–H groups in total. The molecular weight excluding hydrogens is 198 g/mol. The van der Waals surface area contributed by atoms with Crippen molar-refractivity contribution in [3.05, 3.63) is 24.0 Å². The van der Waals surface area contributed by atoms with Crippen LogP contribution in [0.1, 0.15) is 38.3 Å². The molecule has 1 saturated heterocycles. The molecule has 0 spiro atoms. The first-order valence-corrected chi connectivity index (χ1v) is 5.94. The Kier molecular flexibility index (Phi) is 3.40. The van der Waals surface area contributed by atoms with Crippen molar-refractivity contribution >= 4 is 5.69 Å². The summed E-state index contributed by atoms with van der Waals surface area (Å²) < 4.78 is 0. The number of nitrogens with zero attached hydrogens (tertiary/aromatic N) is 3. The van der Waals surface area contributed by atoms with Gasteiger partial charge in [0.2, 0.25) is 0 Å². The van der Waals surface area contributed by atoms with Crippen molar-refractivity contribution in [2.45, 2.75) is 38.6 Å². The summed E-state index contributed by atoms with van der Waals surface area (Å²) in [6.45, 7) is 3.36. The van der Waals surface area contributed by atoms with Gasteiger partial charge in [-0.15, -0.1) is 0 Å². The SMILES string of the molecule is CC1CCCCCN1c1ccnc(C#N)c1. The summed E-state index contributed by atoms with van der Waals surface area (Å²) in [5.74, 6) is 0. The summed E-state index contributed by atoms with van der Waals surface area (Å²) in [5.41, 5.74) is 1.65. The highest BCUT2D eigenvalue weighted by molar-refractivity contribution is 5.49. The molecule has 1 unspecified atom stereocenters. The van der Waals surface area contributed by atoms with Gasteiger partial charge in [-0.25, -0.2) is 4.98 Å². The standard InChI is InChI=1S/C13H17N3/c1-11-5-3-2-4-8-16(11)13-6-7-15-12(9-13)10-14/h6-7,9,11H,2-5,8H2,1H3. The third-order valence-corrected chi connectivity index (χ3v) is 3.24. The summed E-state index contributed by atoms with van der Waals surface area (Å²) in [6.07, 6.45) is 6.84. The first-order valence-electron chi connectivity index (χ1n) is 5.94. The third-order valence-electron chi connectivity index (χ3n) is 3.24. The third kappa shape index (κ3) is 2.33. The first kappa shape index (κ1) is 10.9. The van der Waals surface area contributed by atoms with Crippen molar-refractivity contribution in [1.82, 2.24) is 4.98 Å². The molecule has 16 heavy (non-hydrogen) atoms. The monoisotopic (exact) mass is 215 g/mol. The maximum absolute atomic E-state index is 8.85. The number of hydrogen-bond acceptors (Lipinski definition) is 3. The van der Waals surface area contributed by atoms with E-state index in [1.807, 2.05) is 12.1 Å². The lowest BCUT2D eigenvalue weighted by Crippen LogP contribution is -2.32. The number of anilines is 1. The zero-order valence-electron chi connectivity index (χ0n) is 9.69. The molecule has 0 aliphatic carbocycles. The van der Waals surface area contributed by atoms with E-state index in [-0.39, 0.29) is 0 Å². The minimum Gasteiger partial charge on any atom is -0.369 e. The van der Waals surface area contributed by atoms with Gasteiger partial charge in [0.1, 0.15) is 11.8 Å². The molecule has 2 heterocycles. The molecule has 1 aliphatic rings. The second-order valence-corrected chi connectivity index (χ2v) is 4.40. The summed E-state index contributed by atoms with van der Waals surface area (Å²) in [7, 11) is 0. The van der Waals surface area contributed by atoms with Crippen molar-refractivity contribution in [1.29, 1.82) is 5.26 Å². The van der Waals surface area contributed by atoms with E-state index < -0.39 is 0 Å². The lowest BCUT2D eigenvalue weighted by Gasteiger charge is -2.29. The fourth-order valence-corrected chi connectivity index (χ4v) is 2.32. The lowest BCUT2D eigenvalue weighted by atomic mass is 10.1. The Morgan fingerprint density at radius 3 is 3.12 bits per heavy atom. The zero-order valence-corrected chi connectivity index (χ0v) is 9.69. The van der Waals surface area contributed by atoms with Crippen LogP contribution in [-0.4, -0.2) is 17.6 Å². The molecule has 1 atom stereocenters. The number of rotatable bonds is 1. The van der Waals surface area contributed by atoms with E-state index in [9.17, 15) is 0 Å².